The Labute approximate surface area is 379 Å². The van der Waals surface area contributed by atoms with Crippen molar-refractivity contribution < 1.29 is 0 Å². The summed E-state index contributed by atoms with van der Waals surface area (Å²) < 4.78 is 2.83. The van der Waals surface area contributed by atoms with Crippen LogP contribution in [-0.2, 0) is 23.7 Å². The molecule has 0 aliphatic carbocycles. The van der Waals surface area contributed by atoms with E-state index in [0.29, 0.717) is 0 Å². The Morgan fingerprint density at radius 2 is 0.810 bits per heavy atom. The fourth-order valence-electron chi connectivity index (χ4n) is 7.27. The number of hydrogen-bond acceptors (Lipinski definition) is 8. The van der Waals surface area contributed by atoms with Gasteiger partial charge in [-0.15, -0.1) is 90.7 Å². The summed E-state index contributed by atoms with van der Waals surface area (Å²) in [7, 11) is 0. The van der Waals surface area contributed by atoms with Crippen LogP contribution in [0.5, 0.6) is 0 Å². The summed E-state index contributed by atoms with van der Waals surface area (Å²) in [6, 6.07) is 29.0. The van der Waals surface area contributed by atoms with Crippen molar-refractivity contribution in [1.29, 1.82) is 0 Å². The van der Waals surface area contributed by atoms with Gasteiger partial charge in [-0.25, -0.2) is 0 Å². The van der Waals surface area contributed by atoms with E-state index in [4.69, 9.17) is 0 Å². The molecular formula is C50H56S8. The molecule has 0 fully saturated rings. The number of thiophene rings is 8. The number of hydrogen-bond donors (Lipinski definition) is 0. The second kappa shape index (κ2) is 18.1. The van der Waals surface area contributed by atoms with Gasteiger partial charge >= 0.3 is 0 Å². The minimum absolute atomic E-state index is 0.0604. The molecular weight excluding hydrogens is 857 g/mol. The lowest BCUT2D eigenvalue weighted by Gasteiger charge is -2.15. The lowest BCUT2D eigenvalue weighted by Crippen LogP contribution is -2.07. The van der Waals surface area contributed by atoms with E-state index in [9.17, 15) is 0 Å². The van der Waals surface area contributed by atoms with Crippen molar-refractivity contribution in [3.8, 4) is 59.9 Å². The lowest BCUT2D eigenvalue weighted by molar-refractivity contribution is 0.604. The molecule has 0 bridgehead atoms. The Hall–Kier alpha value is -2.14. The van der Waals surface area contributed by atoms with E-state index >= 15 is 0 Å². The summed E-state index contributed by atoms with van der Waals surface area (Å²) in [6.45, 7) is 18.7. The number of aryl methyl sites for hydroxylation is 2. The molecule has 0 spiro atoms. The van der Waals surface area contributed by atoms with Crippen molar-refractivity contribution in [2.75, 3.05) is 0 Å². The largest absolute Gasteiger partial charge is 0.139 e. The average molecular weight is 914 g/mol. The molecule has 0 aromatic carbocycles. The monoisotopic (exact) mass is 912 g/mol. The van der Waals surface area contributed by atoms with Crippen LogP contribution in [0.25, 0.3) is 69.3 Å². The Morgan fingerprint density at radius 3 is 1.34 bits per heavy atom. The molecule has 0 aliphatic rings. The first-order chi connectivity index (χ1) is 27.9. The van der Waals surface area contributed by atoms with Gasteiger partial charge in [0.25, 0.3) is 0 Å². The highest BCUT2D eigenvalue weighted by Crippen LogP contribution is 2.55. The molecule has 8 heteroatoms. The van der Waals surface area contributed by atoms with Crippen LogP contribution in [0.1, 0.15) is 126 Å². The molecule has 0 nitrogen and oxygen atoms in total. The fraction of sp³-hybridized carbons (Fsp3) is 0.400. The summed E-state index contributed by atoms with van der Waals surface area (Å²) in [6.07, 6.45) is 12.9. The molecule has 0 unspecified atom stereocenters. The molecule has 0 radical (unpaired) electrons. The van der Waals surface area contributed by atoms with Crippen molar-refractivity contribution in [3.05, 3.63) is 92.3 Å². The quantitative estimate of drug-likeness (QED) is 0.0848. The van der Waals surface area contributed by atoms with E-state index < -0.39 is 0 Å². The number of fused-ring (bicyclic) bond motifs is 1. The molecule has 58 heavy (non-hydrogen) atoms. The van der Waals surface area contributed by atoms with Crippen molar-refractivity contribution in [2.45, 2.75) is 130 Å². The predicted molar refractivity (Wildman–Crippen MR) is 273 cm³/mol. The van der Waals surface area contributed by atoms with Crippen LogP contribution in [-0.4, -0.2) is 0 Å². The van der Waals surface area contributed by atoms with Gasteiger partial charge in [-0.2, -0.15) is 0 Å². The smallest absolute Gasteiger partial charge is 0.0542 e. The summed E-state index contributed by atoms with van der Waals surface area (Å²) >= 11 is 15.9. The molecule has 8 aromatic rings. The third-order valence-electron chi connectivity index (χ3n) is 10.7. The molecule has 0 saturated carbocycles. The minimum atomic E-state index is 0.0604. The van der Waals surface area contributed by atoms with Crippen molar-refractivity contribution >= 4 is 100 Å². The zero-order valence-corrected chi connectivity index (χ0v) is 41.8. The second-order valence-corrected chi connectivity index (χ2v) is 26.4. The van der Waals surface area contributed by atoms with E-state index in [1.165, 1.54) is 153 Å². The first-order valence-corrected chi connectivity index (χ1v) is 27.6. The van der Waals surface area contributed by atoms with E-state index in [-0.39, 0.29) is 10.8 Å². The normalized spacial score (nSPS) is 12.5. The van der Waals surface area contributed by atoms with Crippen molar-refractivity contribution in [2.24, 2.45) is 0 Å². The van der Waals surface area contributed by atoms with Gasteiger partial charge in [-0.3, -0.25) is 0 Å². The van der Waals surface area contributed by atoms with Gasteiger partial charge in [-0.1, -0.05) is 93.9 Å². The zero-order valence-electron chi connectivity index (χ0n) is 35.3. The van der Waals surface area contributed by atoms with Crippen LogP contribution in [0.2, 0.25) is 0 Å². The van der Waals surface area contributed by atoms with Crippen LogP contribution in [0.15, 0.2) is 72.8 Å². The minimum Gasteiger partial charge on any atom is -0.139 e. The number of unbranched alkanes of at least 4 members (excludes halogenated alkanes) is 6. The summed E-state index contributed by atoms with van der Waals surface area (Å²) in [5.41, 5.74) is 3.00. The Kier molecular flexibility index (Phi) is 13.3. The maximum Gasteiger partial charge on any atom is 0.0542 e. The summed E-state index contributed by atoms with van der Waals surface area (Å²) in [4.78, 5) is 19.9. The van der Waals surface area contributed by atoms with Gasteiger partial charge in [-0.05, 0) is 109 Å². The van der Waals surface area contributed by atoms with Crippen molar-refractivity contribution in [3.63, 3.8) is 0 Å². The fourth-order valence-corrected chi connectivity index (χ4v) is 16.8. The van der Waals surface area contributed by atoms with Gasteiger partial charge < -0.3 is 0 Å². The van der Waals surface area contributed by atoms with Crippen LogP contribution >= 0.6 is 90.7 Å². The molecule has 0 N–H and O–H groups in total. The highest BCUT2D eigenvalue weighted by Gasteiger charge is 2.27. The molecule has 0 aliphatic heterocycles. The van der Waals surface area contributed by atoms with Gasteiger partial charge in [0.15, 0.2) is 0 Å². The Morgan fingerprint density at radius 1 is 0.362 bits per heavy atom. The SMILES string of the molecule is CCCCCCc1ccc(-c2ccc(-c3cc(-c4cc5sc(C(C)(C)C)cc5s4)sc3-c3sc(C(C)(C)C)cc3-c3ccc(-c4ccc(CCCCCC)s4)s3)s2)s1. The van der Waals surface area contributed by atoms with Crippen LogP contribution in [0.4, 0.5) is 0 Å². The third-order valence-corrected chi connectivity index (χ3v) is 21.4. The van der Waals surface area contributed by atoms with Crippen molar-refractivity contribution in [1.82, 2.24) is 0 Å². The van der Waals surface area contributed by atoms with Gasteiger partial charge in [0.1, 0.15) is 0 Å². The van der Waals surface area contributed by atoms with Gasteiger partial charge in [0, 0.05) is 79.1 Å². The van der Waals surface area contributed by atoms with E-state index in [1.807, 2.05) is 90.7 Å². The molecule has 8 heterocycles. The zero-order chi connectivity index (χ0) is 40.6. The molecule has 8 aromatic heterocycles. The molecule has 0 amide bonds. The van der Waals surface area contributed by atoms with Crippen LogP contribution in [0.3, 0.4) is 0 Å². The number of rotatable bonds is 16. The summed E-state index contributed by atoms with van der Waals surface area (Å²) in [5.74, 6) is 0. The van der Waals surface area contributed by atoms with Crippen LogP contribution < -0.4 is 0 Å². The Balaban J connectivity index is 1.19. The van der Waals surface area contributed by atoms with Crippen LogP contribution in [0, 0.1) is 0 Å². The molecule has 304 valence electrons. The highest BCUT2D eigenvalue weighted by molar-refractivity contribution is 7.32. The Bertz CT molecular complexity index is 2550. The predicted octanol–water partition coefficient (Wildman–Crippen LogP) is 20.2. The molecule has 0 saturated heterocycles. The summed E-state index contributed by atoms with van der Waals surface area (Å²) in [5, 5.41) is 0. The van der Waals surface area contributed by atoms with Gasteiger partial charge in [0.2, 0.25) is 0 Å². The third kappa shape index (κ3) is 9.50. The van der Waals surface area contributed by atoms with E-state index in [0.717, 1.165) is 0 Å². The van der Waals surface area contributed by atoms with E-state index in [2.05, 4.69) is 128 Å². The maximum absolute atomic E-state index is 2.52. The standard InChI is InChI=1S/C50H56S8/c1-9-11-13-15-17-31-19-21-37(51-31)39-25-23-35(53-39)33-27-41(42-29-43-44(55-42)30-46(56-43)50(6,7)8)57-47(33)48-34(28-45(58-48)49(3,4)5)36-24-26-40(54-36)38-22-20-32(52-38)18-16-14-12-10-2/h19-30H,9-18H2,1-8H3. The average Bonchev–Trinajstić information content (AvgIpc) is 4.02. The molecule has 8 rings (SSSR count). The van der Waals surface area contributed by atoms with Gasteiger partial charge in [0.05, 0.1) is 9.75 Å². The second-order valence-electron chi connectivity index (χ2n) is 17.6. The van der Waals surface area contributed by atoms with E-state index in [1.54, 1.807) is 0 Å². The maximum atomic E-state index is 2.52. The topological polar surface area (TPSA) is 0 Å². The first kappa shape index (κ1) is 42.5. The lowest BCUT2D eigenvalue weighted by atomic mass is 9.94. The first-order valence-electron chi connectivity index (χ1n) is 21.1. The molecule has 0 atom stereocenters. The highest BCUT2D eigenvalue weighted by atomic mass is 32.1.